The second kappa shape index (κ2) is 5.90. The summed E-state index contributed by atoms with van der Waals surface area (Å²) in [6.07, 6.45) is 0. The number of benzene rings is 1. The summed E-state index contributed by atoms with van der Waals surface area (Å²) < 4.78 is 5.47. The molecule has 1 rings (SSSR count). The highest BCUT2D eigenvalue weighted by molar-refractivity contribution is 5.40. The second-order valence-electron chi connectivity index (χ2n) is 4.26. The Morgan fingerprint density at radius 3 is 2.50 bits per heavy atom. The van der Waals surface area contributed by atoms with E-state index in [9.17, 15) is 5.11 Å². The molecule has 0 fully saturated rings. The van der Waals surface area contributed by atoms with E-state index in [2.05, 4.69) is 26.8 Å². The van der Waals surface area contributed by atoms with Crippen LogP contribution in [-0.4, -0.2) is 18.3 Å². The Kier molecular flexibility index (Phi) is 4.81. The molecule has 0 amide bonds. The predicted molar refractivity (Wildman–Crippen MR) is 66.9 cm³/mol. The highest BCUT2D eigenvalue weighted by Crippen LogP contribution is 2.29. The van der Waals surface area contributed by atoms with Crippen LogP contribution < -0.4 is 4.74 Å². The summed E-state index contributed by atoms with van der Waals surface area (Å²) in [7, 11) is 0. The Labute approximate surface area is 98.3 Å². The van der Waals surface area contributed by atoms with Crippen molar-refractivity contribution in [3.05, 3.63) is 36.2 Å². The van der Waals surface area contributed by atoms with Crippen LogP contribution in [0.4, 0.5) is 0 Å². The van der Waals surface area contributed by atoms with Crippen LogP contribution in [0.5, 0.6) is 5.75 Å². The SMILES string of the molecule is [CH2]C(CO)c1cc(OCC)ccc1C(C)C. The highest BCUT2D eigenvalue weighted by atomic mass is 16.5. The molecule has 0 spiro atoms. The maximum absolute atomic E-state index is 9.21. The fraction of sp³-hybridized carbons (Fsp3) is 0.500. The fourth-order valence-electron chi connectivity index (χ4n) is 1.79. The highest BCUT2D eigenvalue weighted by Gasteiger charge is 2.13. The molecule has 1 aromatic carbocycles. The zero-order valence-electron chi connectivity index (χ0n) is 10.4. The molecule has 0 heterocycles. The van der Waals surface area contributed by atoms with Crippen LogP contribution in [0.25, 0.3) is 0 Å². The minimum Gasteiger partial charge on any atom is -0.494 e. The van der Waals surface area contributed by atoms with Gasteiger partial charge in [0.15, 0.2) is 0 Å². The first-order valence-corrected chi connectivity index (χ1v) is 5.80. The monoisotopic (exact) mass is 221 g/mol. The third-order valence-corrected chi connectivity index (χ3v) is 2.65. The van der Waals surface area contributed by atoms with Crippen LogP contribution >= 0.6 is 0 Å². The van der Waals surface area contributed by atoms with Crippen molar-refractivity contribution in [3.8, 4) is 5.75 Å². The predicted octanol–water partition coefficient (Wildman–Crippen LogP) is 3.12. The van der Waals surface area contributed by atoms with Gasteiger partial charge in [0.25, 0.3) is 0 Å². The summed E-state index contributed by atoms with van der Waals surface area (Å²) in [4.78, 5) is 0. The number of aliphatic hydroxyl groups is 1. The van der Waals surface area contributed by atoms with Crippen molar-refractivity contribution >= 4 is 0 Å². The van der Waals surface area contributed by atoms with Crippen LogP contribution in [-0.2, 0) is 0 Å². The fourth-order valence-corrected chi connectivity index (χ4v) is 1.79. The molecular weight excluding hydrogens is 200 g/mol. The summed E-state index contributed by atoms with van der Waals surface area (Å²) in [5.74, 6) is 1.20. The maximum Gasteiger partial charge on any atom is 0.119 e. The lowest BCUT2D eigenvalue weighted by Crippen LogP contribution is -2.06. The van der Waals surface area contributed by atoms with E-state index >= 15 is 0 Å². The Bertz CT molecular complexity index is 332. The normalized spacial score (nSPS) is 12.9. The summed E-state index contributed by atoms with van der Waals surface area (Å²) >= 11 is 0. The molecule has 0 aliphatic heterocycles. The Morgan fingerprint density at radius 1 is 1.31 bits per heavy atom. The van der Waals surface area contributed by atoms with Crippen molar-refractivity contribution in [1.29, 1.82) is 0 Å². The Balaban J connectivity index is 3.10. The van der Waals surface area contributed by atoms with Gasteiger partial charge in [0, 0.05) is 12.5 Å². The van der Waals surface area contributed by atoms with Gasteiger partial charge in [-0.3, -0.25) is 0 Å². The summed E-state index contributed by atoms with van der Waals surface area (Å²) in [6.45, 7) is 10.9. The lowest BCUT2D eigenvalue weighted by Gasteiger charge is -2.18. The lowest BCUT2D eigenvalue weighted by atomic mass is 9.90. The van der Waals surface area contributed by atoms with E-state index in [-0.39, 0.29) is 12.5 Å². The molecular formula is C14H21O2. The molecule has 1 aromatic rings. The van der Waals surface area contributed by atoms with Crippen molar-refractivity contribution in [2.75, 3.05) is 13.2 Å². The van der Waals surface area contributed by atoms with Gasteiger partial charge in [-0.15, -0.1) is 0 Å². The van der Waals surface area contributed by atoms with E-state index in [4.69, 9.17) is 4.74 Å². The molecule has 0 aliphatic carbocycles. The molecule has 2 nitrogen and oxygen atoms in total. The molecule has 0 bridgehead atoms. The second-order valence-corrected chi connectivity index (χ2v) is 4.26. The van der Waals surface area contributed by atoms with Gasteiger partial charge in [-0.2, -0.15) is 0 Å². The Morgan fingerprint density at radius 2 is 2.00 bits per heavy atom. The van der Waals surface area contributed by atoms with E-state index in [1.54, 1.807) is 0 Å². The minimum absolute atomic E-state index is 0.0648. The summed E-state index contributed by atoms with van der Waals surface area (Å²) in [6, 6.07) is 6.04. The zero-order chi connectivity index (χ0) is 12.1. The average Bonchev–Trinajstić information content (AvgIpc) is 2.28. The molecule has 1 unspecified atom stereocenters. The molecule has 0 saturated carbocycles. The number of hydrogen-bond acceptors (Lipinski definition) is 2. The van der Waals surface area contributed by atoms with Gasteiger partial charge < -0.3 is 9.84 Å². The topological polar surface area (TPSA) is 29.5 Å². The van der Waals surface area contributed by atoms with Gasteiger partial charge in [-0.1, -0.05) is 19.9 Å². The van der Waals surface area contributed by atoms with Crippen LogP contribution in [0.1, 0.15) is 43.7 Å². The van der Waals surface area contributed by atoms with Crippen LogP contribution in [0.2, 0.25) is 0 Å². The van der Waals surface area contributed by atoms with Gasteiger partial charge in [-0.05, 0) is 43.0 Å². The zero-order valence-corrected chi connectivity index (χ0v) is 10.4. The molecule has 1 atom stereocenters. The van der Waals surface area contributed by atoms with Gasteiger partial charge in [0.05, 0.1) is 6.61 Å². The van der Waals surface area contributed by atoms with Crippen molar-refractivity contribution in [1.82, 2.24) is 0 Å². The van der Waals surface area contributed by atoms with E-state index < -0.39 is 0 Å². The van der Waals surface area contributed by atoms with Gasteiger partial charge in [-0.25, -0.2) is 0 Å². The first-order chi connectivity index (χ1) is 7.60. The van der Waals surface area contributed by atoms with E-state index in [0.717, 1.165) is 11.3 Å². The van der Waals surface area contributed by atoms with Crippen molar-refractivity contribution < 1.29 is 9.84 Å². The van der Waals surface area contributed by atoms with Crippen LogP contribution in [0.3, 0.4) is 0 Å². The smallest absolute Gasteiger partial charge is 0.119 e. The minimum atomic E-state index is -0.0854. The quantitative estimate of drug-likeness (QED) is 0.827. The van der Waals surface area contributed by atoms with Gasteiger partial charge in [0.1, 0.15) is 5.75 Å². The van der Waals surface area contributed by atoms with Crippen LogP contribution in [0.15, 0.2) is 18.2 Å². The largest absolute Gasteiger partial charge is 0.494 e. The first kappa shape index (κ1) is 13.0. The summed E-state index contributed by atoms with van der Waals surface area (Å²) in [5.41, 5.74) is 2.32. The van der Waals surface area contributed by atoms with Crippen molar-refractivity contribution in [2.45, 2.75) is 32.6 Å². The van der Waals surface area contributed by atoms with Gasteiger partial charge in [0.2, 0.25) is 0 Å². The van der Waals surface area contributed by atoms with E-state index in [1.807, 2.05) is 19.1 Å². The molecule has 1 radical (unpaired) electrons. The lowest BCUT2D eigenvalue weighted by molar-refractivity contribution is 0.281. The molecule has 0 aromatic heterocycles. The third-order valence-electron chi connectivity index (χ3n) is 2.65. The summed E-state index contributed by atoms with van der Waals surface area (Å²) in [5, 5.41) is 9.21. The molecule has 0 aliphatic rings. The van der Waals surface area contributed by atoms with Crippen molar-refractivity contribution in [2.24, 2.45) is 0 Å². The maximum atomic E-state index is 9.21. The number of aliphatic hydroxyl groups excluding tert-OH is 1. The van der Waals surface area contributed by atoms with E-state index in [1.165, 1.54) is 5.56 Å². The molecule has 89 valence electrons. The number of hydrogen-bond donors (Lipinski definition) is 1. The molecule has 1 N–H and O–H groups in total. The van der Waals surface area contributed by atoms with Crippen LogP contribution in [0, 0.1) is 6.92 Å². The Hall–Kier alpha value is -1.02. The molecule has 16 heavy (non-hydrogen) atoms. The standard InChI is InChI=1S/C14H21O2/c1-5-16-12-6-7-13(10(2)3)14(8-12)11(4)9-15/h6-8,10-11,15H,4-5,9H2,1-3H3. The first-order valence-electron chi connectivity index (χ1n) is 5.80. The number of ether oxygens (including phenoxy) is 1. The molecule has 0 saturated heterocycles. The van der Waals surface area contributed by atoms with Gasteiger partial charge >= 0.3 is 0 Å². The number of rotatable bonds is 5. The average molecular weight is 221 g/mol. The van der Waals surface area contributed by atoms with Crippen molar-refractivity contribution in [3.63, 3.8) is 0 Å². The molecule has 2 heteroatoms. The van der Waals surface area contributed by atoms with E-state index in [0.29, 0.717) is 12.5 Å². The third kappa shape index (κ3) is 2.99.